The second-order valence-electron chi connectivity index (χ2n) is 6.05. The Balaban J connectivity index is 2.08. The van der Waals surface area contributed by atoms with E-state index in [1.54, 1.807) is 24.5 Å². The molecule has 1 amide bonds. The van der Waals surface area contributed by atoms with Gasteiger partial charge in [-0.2, -0.15) is 11.8 Å². The summed E-state index contributed by atoms with van der Waals surface area (Å²) in [4.78, 5) is 34.7. The molecule has 0 fully saturated rings. The van der Waals surface area contributed by atoms with Crippen LogP contribution in [0.1, 0.15) is 25.3 Å². The molecular weight excluding hydrogens is 370 g/mol. The Morgan fingerprint density at radius 3 is 2.78 bits per heavy atom. The summed E-state index contributed by atoms with van der Waals surface area (Å²) < 4.78 is 10.7. The van der Waals surface area contributed by atoms with Crippen molar-refractivity contribution < 1.29 is 23.8 Å². The number of hydrogen-bond donors (Lipinski definition) is 2. The molecule has 7 nitrogen and oxygen atoms in total. The van der Waals surface area contributed by atoms with E-state index in [4.69, 9.17) is 14.3 Å². The number of aryl methyl sites for hydroxylation is 1. The lowest BCUT2D eigenvalue weighted by atomic mass is 10.0. The minimum atomic E-state index is -1.09. The van der Waals surface area contributed by atoms with E-state index in [1.165, 1.54) is 17.8 Å². The molecular formula is C19H23NO6S. The standard InChI is InChI=1S/C19H23NO6S/c1-3-4-5-12-8-18(22)26-16-9-13(6-7-14(12)16)25-10-17(21)20-15(11-27-2)19(23)24/h6-9,15H,3-5,10-11H2,1-2H3,(H,20,21)(H,23,24)/t15-/m1/s1. The highest BCUT2D eigenvalue weighted by Gasteiger charge is 2.19. The minimum Gasteiger partial charge on any atom is -0.484 e. The van der Waals surface area contributed by atoms with Gasteiger partial charge in [0.1, 0.15) is 17.4 Å². The summed E-state index contributed by atoms with van der Waals surface area (Å²) in [7, 11) is 0. The normalized spacial score (nSPS) is 11.9. The number of thioether (sulfide) groups is 1. The lowest BCUT2D eigenvalue weighted by molar-refractivity contribution is -0.141. The van der Waals surface area contributed by atoms with Crippen LogP contribution in [0.5, 0.6) is 5.75 Å². The first-order valence-electron chi connectivity index (χ1n) is 8.65. The van der Waals surface area contributed by atoms with E-state index >= 15 is 0 Å². The van der Waals surface area contributed by atoms with Gasteiger partial charge in [-0.3, -0.25) is 4.79 Å². The van der Waals surface area contributed by atoms with Gasteiger partial charge in [0.15, 0.2) is 6.61 Å². The van der Waals surface area contributed by atoms with Crippen LogP contribution in [0, 0.1) is 0 Å². The first-order chi connectivity index (χ1) is 12.9. The number of fused-ring (bicyclic) bond motifs is 1. The summed E-state index contributed by atoms with van der Waals surface area (Å²) in [6, 6.07) is 5.60. The number of rotatable bonds is 10. The number of aliphatic carboxylic acids is 1. The van der Waals surface area contributed by atoms with Crippen LogP contribution in [0.3, 0.4) is 0 Å². The van der Waals surface area contributed by atoms with E-state index in [0.29, 0.717) is 11.3 Å². The van der Waals surface area contributed by atoms with Gasteiger partial charge in [-0.25, -0.2) is 9.59 Å². The number of unbranched alkanes of at least 4 members (excludes halogenated alkanes) is 1. The van der Waals surface area contributed by atoms with Gasteiger partial charge in [-0.05, 0) is 36.8 Å². The van der Waals surface area contributed by atoms with Crippen molar-refractivity contribution in [2.45, 2.75) is 32.2 Å². The molecule has 2 aromatic rings. The predicted molar refractivity (Wildman–Crippen MR) is 105 cm³/mol. The van der Waals surface area contributed by atoms with Gasteiger partial charge in [-0.1, -0.05) is 13.3 Å². The van der Waals surface area contributed by atoms with Gasteiger partial charge in [0.05, 0.1) is 0 Å². The van der Waals surface area contributed by atoms with E-state index in [1.807, 2.05) is 0 Å². The van der Waals surface area contributed by atoms with Crippen LogP contribution >= 0.6 is 11.8 Å². The zero-order chi connectivity index (χ0) is 19.8. The number of nitrogens with one attached hydrogen (secondary N) is 1. The first kappa shape index (κ1) is 20.8. The highest BCUT2D eigenvalue weighted by atomic mass is 32.2. The van der Waals surface area contributed by atoms with Crippen LogP contribution in [0.2, 0.25) is 0 Å². The topological polar surface area (TPSA) is 106 Å². The molecule has 0 saturated carbocycles. The predicted octanol–water partition coefficient (Wildman–Crippen LogP) is 2.45. The van der Waals surface area contributed by atoms with E-state index in [0.717, 1.165) is 30.2 Å². The van der Waals surface area contributed by atoms with Crippen LogP contribution in [0.25, 0.3) is 11.0 Å². The number of amides is 1. The van der Waals surface area contributed by atoms with Crippen LogP contribution in [0.15, 0.2) is 33.5 Å². The fourth-order valence-electron chi connectivity index (χ4n) is 2.60. The van der Waals surface area contributed by atoms with E-state index in [2.05, 4.69) is 12.2 Å². The molecule has 27 heavy (non-hydrogen) atoms. The van der Waals surface area contributed by atoms with Crippen molar-refractivity contribution in [3.8, 4) is 5.75 Å². The zero-order valence-electron chi connectivity index (χ0n) is 15.3. The summed E-state index contributed by atoms with van der Waals surface area (Å²) in [5, 5.41) is 12.3. The van der Waals surface area contributed by atoms with Crippen molar-refractivity contribution in [2.24, 2.45) is 0 Å². The first-order valence-corrected chi connectivity index (χ1v) is 10.0. The van der Waals surface area contributed by atoms with Gasteiger partial charge in [-0.15, -0.1) is 0 Å². The molecule has 1 aromatic heterocycles. The smallest absolute Gasteiger partial charge is 0.336 e. The molecule has 0 unspecified atom stereocenters. The maximum atomic E-state index is 11.9. The van der Waals surface area contributed by atoms with Crippen molar-refractivity contribution in [1.82, 2.24) is 5.32 Å². The molecule has 0 spiro atoms. The van der Waals surface area contributed by atoms with Crippen molar-refractivity contribution >= 4 is 34.6 Å². The van der Waals surface area contributed by atoms with Gasteiger partial charge in [0.2, 0.25) is 0 Å². The average Bonchev–Trinajstić information content (AvgIpc) is 2.63. The monoisotopic (exact) mass is 393 g/mol. The Hall–Kier alpha value is -2.48. The van der Waals surface area contributed by atoms with E-state index in [-0.39, 0.29) is 12.4 Å². The number of carboxylic acid groups (broad SMARTS) is 1. The molecule has 8 heteroatoms. The number of ether oxygens (including phenoxy) is 1. The van der Waals surface area contributed by atoms with Gasteiger partial charge < -0.3 is 19.6 Å². The molecule has 0 bridgehead atoms. The summed E-state index contributed by atoms with van der Waals surface area (Å²) in [6.07, 6.45) is 4.53. The van der Waals surface area contributed by atoms with Crippen molar-refractivity contribution in [2.75, 3.05) is 18.6 Å². The molecule has 1 aromatic carbocycles. The van der Waals surface area contributed by atoms with Crippen molar-refractivity contribution in [3.05, 3.63) is 40.2 Å². The van der Waals surface area contributed by atoms with Crippen LogP contribution in [-0.4, -0.2) is 41.6 Å². The summed E-state index contributed by atoms with van der Waals surface area (Å²) >= 11 is 1.33. The van der Waals surface area contributed by atoms with E-state index in [9.17, 15) is 14.4 Å². The molecule has 0 saturated heterocycles. The van der Waals surface area contributed by atoms with Crippen molar-refractivity contribution in [1.29, 1.82) is 0 Å². The Kier molecular flexibility index (Phi) is 7.72. The molecule has 146 valence electrons. The van der Waals surface area contributed by atoms with Gasteiger partial charge in [0.25, 0.3) is 5.91 Å². The molecule has 0 radical (unpaired) electrons. The number of carboxylic acids is 1. The largest absolute Gasteiger partial charge is 0.484 e. The quantitative estimate of drug-likeness (QED) is 0.597. The molecule has 0 aliphatic rings. The Labute approximate surface area is 161 Å². The third-order valence-corrected chi connectivity index (χ3v) is 4.60. The van der Waals surface area contributed by atoms with Crippen LogP contribution in [0.4, 0.5) is 0 Å². The van der Waals surface area contributed by atoms with Crippen LogP contribution in [-0.2, 0) is 16.0 Å². The second-order valence-corrected chi connectivity index (χ2v) is 6.97. The Bertz CT molecular complexity index is 863. The number of benzene rings is 1. The minimum absolute atomic E-state index is 0.267. The maximum Gasteiger partial charge on any atom is 0.336 e. The molecule has 0 aliphatic carbocycles. The molecule has 0 aliphatic heterocycles. The lowest BCUT2D eigenvalue weighted by Crippen LogP contribution is -2.44. The Morgan fingerprint density at radius 1 is 1.33 bits per heavy atom. The third-order valence-electron chi connectivity index (χ3n) is 3.94. The molecule has 2 N–H and O–H groups in total. The highest BCUT2D eigenvalue weighted by Crippen LogP contribution is 2.23. The van der Waals surface area contributed by atoms with Gasteiger partial charge >= 0.3 is 11.6 Å². The fraction of sp³-hybridized carbons (Fsp3) is 0.421. The number of carbonyl (C=O) groups is 2. The molecule has 2 rings (SSSR count). The van der Waals surface area contributed by atoms with Crippen LogP contribution < -0.4 is 15.7 Å². The average molecular weight is 393 g/mol. The van der Waals surface area contributed by atoms with E-state index < -0.39 is 23.5 Å². The highest BCUT2D eigenvalue weighted by molar-refractivity contribution is 7.98. The summed E-state index contributed by atoms with van der Waals surface area (Å²) in [5.74, 6) is -0.993. The zero-order valence-corrected chi connectivity index (χ0v) is 16.1. The fourth-order valence-corrected chi connectivity index (χ4v) is 3.16. The second kappa shape index (κ2) is 10.0. The number of hydrogen-bond acceptors (Lipinski definition) is 6. The number of carbonyl (C=O) groups excluding carboxylic acids is 1. The summed E-state index contributed by atoms with van der Waals surface area (Å²) in [5.41, 5.74) is 0.899. The van der Waals surface area contributed by atoms with Gasteiger partial charge in [0, 0.05) is 23.3 Å². The van der Waals surface area contributed by atoms with Crippen molar-refractivity contribution in [3.63, 3.8) is 0 Å². The SMILES string of the molecule is CCCCc1cc(=O)oc2cc(OCC(=O)N[C@H](CSC)C(=O)O)ccc12. The summed E-state index contributed by atoms with van der Waals surface area (Å²) in [6.45, 7) is 1.75. The Morgan fingerprint density at radius 2 is 2.11 bits per heavy atom. The molecule has 1 atom stereocenters. The molecule has 1 heterocycles. The third kappa shape index (κ3) is 6.02. The maximum absolute atomic E-state index is 11.9. The lowest BCUT2D eigenvalue weighted by Gasteiger charge is -2.14.